The fourth-order valence-corrected chi connectivity index (χ4v) is 3.35. The molecule has 0 aliphatic heterocycles. The second-order valence-corrected chi connectivity index (χ2v) is 6.54. The molecule has 0 heterocycles. The zero-order valence-electron chi connectivity index (χ0n) is 12.9. The monoisotopic (exact) mass is 318 g/mol. The molecule has 0 amide bonds. The van der Waals surface area contributed by atoms with Crippen molar-refractivity contribution in [2.24, 2.45) is 0 Å². The minimum atomic E-state index is -3.76. The number of rotatable bonds is 7. The largest absolute Gasteiger partial charge is 0.495 e. The number of nitrogen functional groups attached to an aromatic ring is 1. The van der Waals surface area contributed by atoms with Gasteiger partial charge in [0.15, 0.2) is 0 Å². The third-order valence-corrected chi connectivity index (χ3v) is 5.19. The van der Waals surface area contributed by atoms with Crippen LogP contribution in [-0.4, -0.2) is 53.7 Å². The van der Waals surface area contributed by atoms with Crippen LogP contribution in [0.4, 0.5) is 5.69 Å². The number of hydrogen-bond acceptors (Lipinski definition) is 6. The zero-order chi connectivity index (χ0) is 16.2. The molecule has 0 aliphatic carbocycles. The standard InChI is InChI=1S/C13H22N2O5S/c1-9(8-18-3)15(2)21(16,17)13-6-10(14)11(19-4)7-12(13)20-5/h6-7,9H,8,14H2,1-5H3. The summed E-state index contributed by atoms with van der Waals surface area (Å²) in [5.74, 6) is 0.538. The third-order valence-electron chi connectivity index (χ3n) is 3.20. The maximum absolute atomic E-state index is 12.7. The third kappa shape index (κ3) is 3.58. The molecule has 120 valence electrons. The van der Waals surface area contributed by atoms with E-state index in [0.29, 0.717) is 5.75 Å². The molecule has 2 N–H and O–H groups in total. The van der Waals surface area contributed by atoms with E-state index in [2.05, 4.69) is 0 Å². The van der Waals surface area contributed by atoms with Gasteiger partial charge in [-0.2, -0.15) is 4.31 Å². The van der Waals surface area contributed by atoms with Crippen LogP contribution in [0.3, 0.4) is 0 Å². The highest BCUT2D eigenvalue weighted by Crippen LogP contribution is 2.35. The molecule has 0 radical (unpaired) electrons. The quantitative estimate of drug-likeness (QED) is 0.752. The summed E-state index contributed by atoms with van der Waals surface area (Å²) >= 11 is 0. The van der Waals surface area contributed by atoms with Crippen molar-refractivity contribution in [3.63, 3.8) is 0 Å². The summed E-state index contributed by atoms with van der Waals surface area (Å²) in [4.78, 5) is -0.00578. The number of hydrogen-bond donors (Lipinski definition) is 1. The number of methoxy groups -OCH3 is 3. The van der Waals surface area contributed by atoms with E-state index in [-0.39, 0.29) is 29.0 Å². The van der Waals surface area contributed by atoms with Gasteiger partial charge in [-0.05, 0) is 13.0 Å². The molecule has 1 atom stereocenters. The molecule has 1 aromatic rings. The molecule has 0 aliphatic rings. The lowest BCUT2D eigenvalue weighted by atomic mass is 10.3. The topological polar surface area (TPSA) is 91.1 Å². The fourth-order valence-electron chi connectivity index (χ4n) is 1.83. The van der Waals surface area contributed by atoms with Gasteiger partial charge in [-0.25, -0.2) is 8.42 Å². The molecule has 0 bridgehead atoms. The van der Waals surface area contributed by atoms with Gasteiger partial charge in [0, 0.05) is 26.3 Å². The maximum Gasteiger partial charge on any atom is 0.246 e. The number of sulfonamides is 1. The Kier molecular flexibility index (Phi) is 5.82. The van der Waals surface area contributed by atoms with Crippen molar-refractivity contribution < 1.29 is 22.6 Å². The highest BCUT2D eigenvalue weighted by molar-refractivity contribution is 7.89. The minimum Gasteiger partial charge on any atom is -0.495 e. The Labute approximate surface area is 125 Å². The smallest absolute Gasteiger partial charge is 0.246 e. The Morgan fingerprint density at radius 2 is 1.76 bits per heavy atom. The molecule has 21 heavy (non-hydrogen) atoms. The van der Waals surface area contributed by atoms with Crippen molar-refractivity contribution >= 4 is 15.7 Å². The van der Waals surface area contributed by atoms with Crippen molar-refractivity contribution in [3.8, 4) is 11.5 Å². The number of nitrogens with two attached hydrogens (primary N) is 1. The SMILES string of the molecule is COCC(C)N(C)S(=O)(=O)c1cc(N)c(OC)cc1OC. The van der Waals surface area contributed by atoms with Crippen LogP contribution in [0.2, 0.25) is 0 Å². The highest BCUT2D eigenvalue weighted by Gasteiger charge is 2.29. The first-order valence-corrected chi connectivity index (χ1v) is 7.72. The van der Waals surface area contributed by atoms with Crippen molar-refractivity contribution in [1.82, 2.24) is 4.31 Å². The first-order chi connectivity index (χ1) is 9.79. The second kappa shape index (κ2) is 6.97. The van der Waals surface area contributed by atoms with Crippen LogP contribution < -0.4 is 15.2 Å². The Morgan fingerprint density at radius 1 is 1.19 bits per heavy atom. The lowest BCUT2D eigenvalue weighted by Crippen LogP contribution is -2.38. The van der Waals surface area contributed by atoms with Crippen LogP contribution >= 0.6 is 0 Å². The van der Waals surface area contributed by atoms with Crippen LogP contribution in [0.15, 0.2) is 17.0 Å². The number of nitrogens with zero attached hydrogens (tertiary/aromatic N) is 1. The molecule has 0 spiro atoms. The maximum atomic E-state index is 12.7. The molecular weight excluding hydrogens is 296 g/mol. The average molecular weight is 318 g/mol. The van der Waals surface area contributed by atoms with Gasteiger partial charge in [0.05, 0.1) is 26.5 Å². The highest BCUT2D eigenvalue weighted by atomic mass is 32.2. The normalized spacial score (nSPS) is 13.2. The summed E-state index contributed by atoms with van der Waals surface area (Å²) in [5, 5.41) is 0. The molecule has 8 heteroatoms. The Morgan fingerprint density at radius 3 is 2.24 bits per heavy atom. The van der Waals surface area contributed by atoms with Crippen LogP contribution in [0, 0.1) is 0 Å². The van der Waals surface area contributed by atoms with Crippen molar-refractivity contribution in [2.45, 2.75) is 17.9 Å². The van der Waals surface area contributed by atoms with E-state index in [1.807, 2.05) is 0 Å². The van der Waals surface area contributed by atoms with Gasteiger partial charge >= 0.3 is 0 Å². The molecule has 1 rings (SSSR count). The number of ether oxygens (including phenoxy) is 3. The Bertz CT molecular complexity index is 588. The molecule has 7 nitrogen and oxygen atoms in total. The molecule has 1 unspecified atom stereocenters. The van der Waals surface area contributed by atoms with E-state index in [4.69, 9.17) is 19.9 Å². The van der Waals surface area contributed by atoms with Gasteiger partial charge < -0.3 is 19.9 Å². The summed E-state index contributed by atoms with van der Waals surface area (Å²) < 4.78 is 41.8. The first-order valence-electron chi connectivity index (χ1n) is 6.28. The van der Waals surface area contributed by atoms with Gasteiger partial charge in [0.2, 0.25) is 10.0 Å². The first kappa shape index (κ1) is 17.5. The molecular formula is C13H22N2O5S. The predicted molar refractivity (Wildman–Crippen MR) is 80.2 cm³/mol. The zero-order valence-corrected chi connectivity index (χ0v) is 13.7. The Balaban J connectivity index is 3.34. The summed E-state index contributed by atoms with van der Waals surface area (Å²) in [7, 11) is 2.09. The van der Waals surface area contributed by atoms with Crippen LogP contribution in [0.25, 0.3) is 0 Å². The summed E-state index contributed by atoms with van der Waals surface area (Å²) in [6, 6.07) is 2.47. The van der Waals surface area contributed by atoms with E-state index < -0.39 is 10.0 Å². The van der Waals surface area contributed by atoms with Gasteiger partial charge in [0.25, 0.3) is 0 Å². The summed E-state index contributed by atoms with van der Waals surface area (Å²) in [6.45, 7) is 2.03. The van der Waals surface area contributed by atoms with Crippen molar-refractivity contribution in [2.75, 3.05) is 40.7 Å². The van der Waals surface area contributed by atoms with E-state index >= 15 is 0 Å². The average Bonchev–Trinajstić information content (AvgIpc) is 2.46. The van der Waals surface area contributed by atoms with Crippen LogP contribution in [0.1, 0.15) is 6.92 Å². The summed E-state index contributed by atoms with van der Waals surface area (Å²) in [5.41, 5.74) is 6.03. The van der Waals surface area contributed by atoms with Crippen molar-refractivity contribution in [3.05, 3.63) is 12.1 Å². The Hall–Kier alpha value is -1.51. The minimum absolute atomic E-state index is 0.00578. The van der Waals surface area contributed by atoms with E-state index in [0.717, 1.165) is 0 Å². The van der Waals surface area contributed by atoms with E-state index in [9.17, 15) is 8.42 Å². The van der Waals surface area contributed by atoms with Crippen LogP contribution in [-0.2, 0) is 14.8 Å². The number of benzene rings is 1. The van der Waals surface area contributed by atoms with E-state index in [1.54, 1.807) is 6.92 Å². The van der Waals surface area contributed by atoms with Crippen LogP contribution in [0.5, 0.6) is 11.5 Å². The van der Waals surface area contributed by atoms with E-state index in [1.165, 1.54) is 44.8 Å². The number of anilines is 1. The fraction of sp³-hybridized carbons (Fsp3) is 0.538. The van der Waals surface area contributed by atoms with Gasteiger partial charge in [0.1, 0.15) is 16.4 Å². The molecule has 1 aromatic carbocycles. The second-order valence-electron chi connectivity index (χ2n) is 4.57. The van der Waals surface area contributed by atoms with Gasteiger partial charge in [-0.1, -0.05) is 0 Å². The van der Waals surface area contributed by atoms with Gasteiger partial charge in [-0.3, -0.25) is 0 Å². The lowest BCUT2D eigenvalue weighted by Gasteiger charge is -2.25. The number of likely N-dealkylation sites (N-methyl/N-ethyl adjacent to an activating group) is 1. The van der Waals surface area contributed by atoms with Gasteiger partial charge in [-0.15, -0.1) is 0 Å². The lowest BCUT2D eigenvalue weighted by molar-refractivity contribution is 0.149. The predicted octanol–water partition coefficient (Wildman–Crippen LogP) is 0.941. The summed E-state index contributed by atoms with van der Waals surface area (Å²) in [6.07, 6.45) is 0. The molecule has 0 saturated heterocycles. The molecule has 0 aromatic heterocycles. The molecule has 0 fully saturated rings. The molecule has 0 saturated carbocycles. The van der Waals surface area contributed by atoms with Crippen molar-refractivity contribution in [1.29, 1.82) is 0 Å².